The summed E-state index contributed by atoms with van der Waals surface area (Å²) in [5.41, 5.74) is 1.19. The minimum atomic E-state index is 0.0553. The highest BCUT2D eigenvalue weighted by atomic mass is 32.2. The highest BCUT2D eigenvalue weighted by molar-refractivity contribution is 8.01. The number of hydrogen-bond acceptors (Lipinski definition) is 3. The second kappa shape index (κ2) is 10.4. The number of ether oxygens (including phenoxy) is 1. The molecule has 1 heterocycles. The molecule has 2 aliphatic rings. The summed E-state index contributed by atoms with van der Waals surface area (Å²) in [6, 6.07) is 7.85. The van der Waals surface area contributed by atoms with Crippen LogP contribution < -0.4 is 4.74 Å². The Kier molecular flexibility index (Phi) is 7.90. The molecule has 28 heavy (non-hydrogen) atoms. The summed E-state index contributed by atoms with van der Waals surface area (Å²) in [6.45, 7) is 7.40. The molecule has 1 aromatic carbocycles. The SMILES string of the molecule is C=CCN(CC1CCC2(CCCCCCC2)S1)C(=O)COc1ccc(C)cc1. The standard InChI is InChI=1S/C24H35NO2S/c1-3-17-25(23(26)19-27-21-11-9-20(2)10-12-21)18-22-13-16-24(28-22)14-7-5-4-6-8-15-24/h3,9-12,22H,1,4-8,13-19H2,2H3. The van der Waals surface area contributed by atoms with Gasteiger partial charge >= 0.3 is 0 Å². The van der Waals surface area contributed by atoms with Gasteiger partial charge in [-0.2, -0.15) is 0 Å². The molecule has 1 atom stereocenters. The molecule has 0 bridgehead atoms. The quantitative estimate of drug-likeness (QED) is 0.543. The van der Waals surface area contributed by atoms with Crippen molar-refractivity contribution in [2.75, 3.05) is 19.7 Å². The van der Waals surface area contributed by atoms with Crippen LogP contribution in [0.1, 0.15) is 63.4 Å². The molecular formula is C24H35NO2S. The van der Waals surface area contributed by atoms with Crippen LogP contribution in [-0.2, 0) is 4.79 Å². The smallest absolute Gasteiger partial charge is 0.260 e. The van der Waals surface area contributed by atoms with Gasteiger partial charge in [-0.1, -0.05) is 55.9 Å². The van der Waals surface area contributed by atoms with Crippen molar-refractivity contribution in [2.45, 2.75) is 74.7 Å². The largest absolute Gasteiger partial charge is 0.484 e. The van der Waals surface area contributed by atoms with Crippen LogP contribution in [0.5, 0.6) is 5.75 Å². The van der Waals surface area contributed by atoms with Crippen LogP contribution in [0.2, 0.25) is 0 Å². The van der Waals surface area contributed by atoms with Gasteiger partial charge in [0.05, 0.1) is 0 Å². The van der Waals surface area contributed by atoms with Crippen molar-refractivity contribution >= 4 is 17.7 Å². The van der Waals surface area contributed by atoms with Crippen molar-refractivity contribution in [1.82, 2.24) is 4.90 Å². The second-order valence-electron chi connectivity index (χ2n) is 8.42. The van der Waals surface area contributed by atoms with Gasteiger partial charge in [0.1, 0.15) is 5.75 Å². The van der Waals surface area contributed by atoms with E-state index in [0.29, 0.717) is 16.5 Å². The molecule has 0 N–H and O–H groups in total. The molecule has 3 rings (SSSR count). The first kappa shape index (κ1) is 21.3. The van der Waals surface area contributed by atoms with Gasteiger partial charge in [-0.15, -0.1) is 18.3 Å². The summed E-state index contributed by atoms with van der Waals surface area (Å²) >= 11 is 2.18. The van der Waals surface area contributed by atoms with Crippen LogP contribution >= 0.6 is 11.8 Å². The van der Waals surface area contributed by atoms with E-state index in [2.05, 4.69) is 18.3 Å². The van der Waals surface area contributed by atoms with Crippen molar-refractivity contribution < 1.29 is 9.53 Å². The molecule has 0 radical (unpaired) electrons. The Morgan fingerprint density at radius 3 is 2.54 bits per heavy atom. The number of amides is 1. The van der Waals surface area contributed by atoms with Gasteiger partial charge in [-0.25, -0.2) is 0 Å². The normalized spacial score (nSPS) is 21.7. The third-order valence-electron chi connectivity index (χ3n) is 6.11. The van der Waals surface area contributed by atoms with E-state index in [-0.39, 0.29) is 12.5 Å². The monoisotopic (exact) mass is 401 g/mol. The molecule has 1 amide bonds. The molecule has 154 valence electrons. The maximum Gasteiger partial charge on any atom is 0.260 e. The van der Waals surface area contributed by atoms with Gasteiger partial charge in [0.25, 0.3) is 5.91 Å². The first-order valence-corrected chi connectivity index (χ1v) is 11.7. The van der Waals surface area contributed by atoms with Crippen molar-refractivity contribution in [1.29, 1.82) is 0 Å². The number of aryl methyl sites for hydroxylation is 1. The van der Waals surface area contributed by atoms with Gasteiger partial charge in [-0.05, 0) is 44.7 Å². The van der Waals surface area contributed by atoms with Crippen LogP contribution in [-0.4, -0.2) is 40.5 Å². The summed E-state index contributed by atoms with van der Waals surface area (Å²) in [5, 5.41) is 0.544. The molecule has 1 saturated carbocycles. The Labute approximate surface area is 174 Å². The molecule has 1 aromatic rings. The van der Waals surface area contributed by atoms with Gasteiger partial charge in [-0.3, -0.25) is 4.79 Å². The topological polar surface area (TPSA) is 29.5 Å². The van der Waals surface area contributed by atoms with Gasteiger partial charge in [0.2, 0.25) is 0 Å². The van der Waals surface area contributed by atoms with Crippen LogP contribution in [0.15, 0.2) is 36.9 Å². The lowest BCUT2D eigenvalue weighted by Gasteiger charge is -2.32. The average molecular weight is 402 g/mol. The molecule has 0 aromatic heterocycles. The Hall–Kier alpha value is -1.42. The van der Waals surface area contributed by atoms with E-state index in [1.165, 1.54) is 63.4 Å². The predicted octanol–water partition coefficient (Wildman–Crippen LogP) is 5.77. The van der Waals surface area contributed by atoms with Crippen LogP contribution in [0.4, 0.5) is 0 Å². The Morgan fingerprint density at radius 2 is 1.86 bits per heavy atom. The first-order chi connectivity index (χ1) is 13.6. The lowest BCUT2D eigenvalue weighted by atomic mass is 9.87. The fourth-order valence-corrected chi connectivity index (χ4v) is 6.45. The number of carbonyl (C=O) groups is 1. The van der Waals surface area contributed by atoms with Gasteiger partial charge in [0.15, 0.2) is 6.61 Å². The first-order valence-electron chi connectivity index (χ1n) is 10.9. The fourth-order valence-electron chi connectivity index (χ4n) is 4.49. The Balaban J connectivity index is 1.52. The second-order valence-corrected chi connectivity index (χ2v) is 10.2. The number of thioether (sulfide) groups is 1. The number of rotatable bonds is 7. The lowest BCUT2D eigenvalue weighted by molar-refractivity contribution is -0.132. The van der Waals surface area contributed by atoms with Gasteiger partial charge in [0, 0.05) is 23.1 Å². The van der Waals surface area contributed by atoms with E-state index in [4.69, 9.17) is 4.74 Å². The van der Waals surface area contributed by atoms with Crippen molar-refractivity contribution in [2.24, 2.45) is 0 Å². The summed E-state index contributed by atoms with van der Waals surface area (Å²) < 4.78 is 6.20. The van der Waals surface area contributed by atoms with E-state index < -0.39 is 0 Å². The zero-order valence-corrected chi connectivity index (χ0v) is 18.1. The highest BCUT2D eigenvalue weighted by Gasteiger charge is 2.40. The summed E-state index contributed by atoms with van der Waals surface area (Å²) in [4.78, 5) is 14.7. The van der Waals surface area contributed by atoms with Crippen LogP contribution in [0.25, 0.3) is 0 Å². The Bertz CT molecular complexity index is 635. The third kappa shape index (κ3) is 6.04. The molecule has 1 unspecified atom stereocenters. The van der Waals surface area contributed by atoms with E-state index in [1.807, 2.05) is 42.2 Å². The minimum Gasteiger partial charge on any atom is -0.484 e. The van der Waals surface area contributed by atoms with Crippen LogP contribution in [0.3, 0.4) is 0 Å². The maximum atomic E-state index is 12.8. The van der Waals surface area contributed by atoms with Crippen LogP contribution in [0, 0.1) is 6.92 Å². The van der Waals surface area contributed by atoms with Gasteiger partial charge < -0.3 is 9.64 Å². The molecule has 3 nitrogen and oxygen atoms in total. The summed E-state index contributed by atoms with van der Waals surface area (Å²) in [6.07, 6.45) is 14.0. The van der Waals surface area contributed by atoms with E-state index in [9.17, 15) is 4.79 Å². The van der Waals surface area contributed by atoms with Crippen molar-refractivity contribution in [3.05, 3.63) is 42.5 Å². The third-order valence-corrected chi connectivity index (χ3v) is 7.94. The molecule has 4 heteroatoms. The summed E-state index contributed by atoms with van der Waals surface area (Å²) in [7, 11) is 0. The molecular weight excluding hydrogens is 366 g/mol. The highest BCUT2D eigenvalue weighted by Crippen LogP contribution is 2.50. The van der Waals surface area contributed by atoms with Crippen molar-refractivity contribution in [3.63, 3.8) is 0 Å². The van der Waals surface area contributed by atoms with E-state index in [0.717, 1.165) is 12.3 Å². The molecule has 1 spiro atoms. The number of hydrogen-bond donors (Lipinski definition) is 0. The van der Waals surface area contributed by atoms with E-state index in [1.54, 1.807) is 0 Å². The number of benzene rings is 1. The lowest BCUT2D eigenvalue weighted by Crippen LogP contribution is -2.39. The molecule has 1 saturated heterocycles. The number of nitrogens with zero attached hydrogens (tertiary/aromatic N) is 1. The van der Waals surface area contributed by atoms with Crippen molar-refractivity contribution in [3.8, 4) is 5.75 Å². The summed E-state index contributed by atoms with van der Waals surface area (Å²) in [5.74, 6) is 0.806. The zero-order chi connectivity index (χ0) is 19.8. The Morgan fingerprint density at radius 1 is 1.18 bits per heavy atom. The fraction of sp³-hybridized carbons (Fsp3) is 0.625. The predicted molar refractivity (Wildman–Crippen MR) is 119 cm³/mol. The maximum absolute atomic E-state index is 12.8. The van der Waals surface area contributed by atoms with E-state index >= 15 is 0 Å². The molecule has 1 aliphatic carbocycles. The zero-order valence-electron chi connectivity index (χ0n) is 17.3. The number of carbonyl (C=O) groups excluding carboxylic acids is 1. The minimum absolute atomic E-state index is 0.0553. The molecule has 2 fully saturated rings. The average Bonchev–Trinajstić information content (AvgIpc) is 3.07. The molecule has 1 aliphatic heterocycles.